The fraction of sp³-hybridized carbons (Fsp3) is 0.619. The predicted octanol–water partition coefficient (Wildman–Crippen LogP) is 4.25. The quantitative estimate of drug-likeness (QED) is 0.788. The van der Waals surface area contributed by atoms with E-state index >= 15 is 0 Å². The van der Waals surface area contributed by atoms with Crippen molar-refractivity contribution in [3.63, 3.8) is 0 Å². The molecule has 6 heteroatoms. The molecule has 1 saturated carbocycles. The minimum absolute atomic E-state index is 0.00933. The first-order valence-electron chi connectivity index (χ1n) is 9.93. The number of carbonyl (C=O) groups is 2. The third kappa shape index (κ3) is 5.69. The lowest BCUT2D eigenvalue weighted by Crippen LogP contribution is -2.48. The maximum absolute atomic E-state index is 12.8. The summed E-state index contributed by atoms with van der Waals surface area (Å²) < 4.78 is 0. The molecular formula is C21H28Cl2N2O2. The number of nitrogens with two attached hydrogens (primary N) is 1. The molecule has 1 amide bonds. The highest BCUT2D eigenvalue weighted by atomic mass is 35.5. The molecule has 2 aliphatic rings. The van der Waals surface area contributed by atoms with Gasteiger partial charge in [-0.15, -0.1) is 0 Å². The number of hydrogen-bond donors (Lipinski definition) is 1. The number of benzene rings is 1. The summed E-state index contributed by atoms with van der Waals surface area (Å²) in [6.45, 7) is 1.48. The number of carbonyl (C=O) groups excluding carboxylic acids is 2. The van der Waals surface area contributed by atoms with Crippen LogP contribution < -0.4 is 5.73 Å². The van der Waals surface area contributed by atoms with Gasteiger partial charge in [-0.2, -0.15) is 0 Å². The molecule has 4 nitrogen and oxygen atoms in total. The van der Waals surface area contributed by atoms with E-state index in [9.17, 15) is 9.59 Å². The summed E-state index contributed by atoms with van der Waals surface area (Å²) in [5.41, 5.74) is 7.02. The van der Waals surface area contributed by atoms with E-state index in [0.29, 0.717) is 28.8 Å². The third-order valence-corrected chi connectivity index (χ3v) is 6.34. The van der Waals surface area contributed by atoms with Gasteiger partial charge in [0.2, 0.25) is 5.91 Å². The van der Waals surface area contributed by atoms with Crippen LogP contribution in [0.2, 0.25) is 10.0 Å². The number of amides is 1. The van der Waals surface area contributed by atoms with Gasteiger partial charge < -0.3 is 10.6 Å². The van der Waals surface area contributed by atoms with E-state index in [1.165, 1.54) is 0 Å². The molecule has 1 aromatic rings. The number of halogens is 2. The maximum Gasteiger partial charge on any atom is 0.227 e. The Morgan fingerprint density at radius 2 is 1.63 bits per heavy atom. The number of piperidine rings is 1. The van der Waals surface area contributed by atoms with Crippen molar-refractivity contribution < 1.29 is 9.59 Å². The lowest BCUT2D eigenvalue weighted by molar-refractivity contribution is -0.138. The number of Topliss-reactive ketones (excluding diaryl/α,β-unsaturated/α-hetero) is 1. The Kier molecular flexibility index (Phi) is 7.18. The molecular weight excluding hydrogens is 383 g/mol. The molecule has 1 aromatic carbocycles. The lowest BCUT2D eigenvalue weighted by Gasteiger charge is -2.37. The summed E-state index contributed by atoms with van der Waals surface area (Å²) in [5, 5.41) is 1.11. The number of rotatable bonds is 5. The van der Waals surface area contributed by atoms with Gasteiger partial charge in [0.05, 0.1) is 5.92 Å². The van der Waals surface area contributed by atoms with Gasteiger partial charge in [-0.1, -0.05) is 36.0 Å². The van der Waals surface area contributed by atoms with Crippen LogP contribution in [0.1, 0.15) is 50.5 Å². The van der Waals surface area contributed by atoms with Gasteiger partial charge in [-0.25, -0.2) is 0 Å². The third-order valence-electron chi connectivity index (χ3n) is 5.90. The summed E-state index contributed by atoms with van der Waals surface area (Å²) >= 11 is 12.0. The van der Waals surface area contributed by atoms with Gasteiger partial charge in [0, 0.05) is 42.0 Å². The van der Waals surface area contributed by atoms with Gasteiger partial charge >= 0.3 is 0 Å². The highest BCUT2D eigenvalue weighted by molar-refractivity contribution is 6.34. The highest BCUT2D eigenvalue weighted by Crippen LogP contribution is 2.28. The van der Waals surface area contributed by atoms with E-state index in [0.717, 1.165) is 57.2 Å². The molecule has 1 aliphatic heterocycles. The van der Waals surface area contributed by atoms with Crippen LogP contribution in [0.3, 0.4) is 0 Å². The smallest absolute Gasteiger partial charge is 0.227 e. The molecule has 1 saturated heterocycles. The molecule has 2 atom stereocenters. The normalized spacial score (nSPS) is 24.0. The van der Waals surface area contributed by atoms with Crippen LogP contribution in [0.25, 0.3) is 0 Å². The molecule has 1 aliphatic carbocycles. The van der Waals surface area contributed by atoms with Crippen LogP contribution in [-0.4, -0.2) is 35.7 Å². The van der Waals surface area contributed by atoms with Gasteiger partial charge in [-0.3, -0.25) is 9.59 Å². The second-order valence-electron chi connectivity index (χ2n) is 8.02. The van der Waals surface area contributed by atoms with E-state index in [-0.39, 0.29) is 23.7 Å². The summed E-state index contributed by atoms with van der Waals surface area (Å²) in [6, 6.07) is 5.26. The van der Waals surface area contributed by atoms with Crippen molar-refractivity contribution in [2.24, 2.45) is 17.6 Å². The maximum atomic E-state index is 12.8. The van der Waals surface area contributed by atoms with Crippen LogP contribution in [-0.2, 0) is 16.0 Å². The van der Waals surface area contributed by atoms with Crippen LogP contribution in [0.4, 0.5) is 0 Å². The van der Waals surface area contributed by atoms with E-state index in [2.05, 4.69) is 0 Å². The molecule has 0 aromatic heterocycles. The Morgan fingerprint density at radius 1 is 1.00 bits per heavy atom. The van der Waals surface area contributed by atoms with Crippen molar-refractivity contribution in [2.45, 2.75) is 57.4 Å². The van der Waals surface area contributed by atoms with Crippen molar-refractivity contribution in [1.82, 2.24) is 4.90 Å². The number of nitrogens with zero attached hydrogens (tertiary/aromatic N) is 1. The minimum Gasteiger partial charge on any atom is -0.342 e. The molecule has 2 N–H and O–H groups in total. The first-order chi connectivity index (χ1) is 12.9. The molecule has 0 radical (unpaired) electrons. The first-order valence-corrected chi connectivity index (χ1v) is 10.7. The zero-order valence-corrected chi connectivity index (χ0v) is 17.1. The molecule has 0 spiro atoms. The Morgan fingerprint density at radius 3 is 2.26 bits per heavy atom. The monoisotopic (exact) mass is 410 g/mol. The zero-order valence-electron chi connectivity index (χ0n) is 15.6. The van der Waals surface area contributed by atoms with Gasteiger partial charge in [0.25, 0.3) is 0 Å². The number of ketones is 1. The topological polar surface area (TPSA) is 63.4 Å². The van der Waals surface area contributed by atoms with Gasteiger partial charge in [-0.05, 0) is 55.4 Å². The summed E-state index contributed by atoms with van der Waals surface area (Å²) in [4.78, 5) is 27.1. The second kappa shape index (κ2) is 9.40. The van der Waals surface area contributed by atoms with Gasteiger partial charge in [0.15, 0.2) is 0 Å². The Bertz CT molecular complexity index is 667. The molecule has 3 rings (SSSR count). The molecule has 2 fully saturated rings. The fourth-order valence-electron chi connectivity index (χ4n) is 4.39. The van der Waals surface area contributed by atoms with E-state index < -0.39 is 0 Å². The Balaban J connectivity index is 1.46. The summed E-state index contributed by atoms with van der Waals surface area (Å²) in [6.07, 6.45) is 6.78. The molecule has 0 bridgehead atoms. The van der Waals surface area contributed by atoms with Crippen molar-refractivity contribution in [1.29, 1.82) is 0 Å². The van der Waals surface area contributed by atoms with Gasteiger partial charge in [0.1, 0.15) is 5.78 Å². The Hall–Kier alpha value is -1.10. The molecule has 0 unspecified atom stereocenters. The standard InChI is InChI=1S/C21H28Cl2N2O2/c22-16-9-15(10-17(23)13-16)12-18(26)11-14-5-7-25(8-6-14)21(27)19-3-1-2-4-20(19)24/h9-10,13-14,19-20H,1-8,11-12,24H2/t19-,20-/m0/s1. The predicted molar refractivity (Wildman–Crippen MR) is 109 cm³/mol. The number of hydrogen-bond acceptors (Lipinski definition) is 3. The molecule has 27 heavy (non-hydrogen) atoms. The Labute approximate surface area is 171 Å². The fourth-order valence-corrected chi connectivity index (χ4v) is 4.96. The second-order valence-corrected chi connectivity index (χ2v) is 8.89. The van der Waals surface area contributed by atoms with Crippen LogP contribution in [0.15, 0.2) is 18.2 Å². The average molecular weight is 411 g/mol. The van der Waals surface area contributed by atoms with Crippen molar-refractivity contribution in [2.75, 3.05) is 13.1 Å². The molecule has 1 heterocycles. The van der Waals surface area contributed by atoms with Crippen LogP contribution in [0.5, 0.6) is 0 Å². The average Bonchev–Trinajstić information content (AvgIpc) is 2.61. The minimum atomic E-state index is -0.00971. The van der Waals surface area contributed by atoms with E-state index in [1.807, 2.05) is 4.90 Å². The van der Waals surface area contributed by atoms with E-state index in [1.54, 1.807) is 18.2 Å². The largest absolute Gasteiger partial charge is 0.342 e. The van der Waals surface area contributed by atoms with Crippen molar-refractivity contribution >= 4 is 34.9 Å². The summed E-state index contributed by atoms with van der Waals surface area (Å²) in [7, 11) is 0. The zero-order chi connectivity index (χ0) is 19.4. The number of likely N-dealkylation sites (tertiary alicyclic amines) is 1. The summed E-state index contributed by atoms with van der Waals surface area (Å²) in [5.74, 6) is 0.758. The van der Waals surface area contributed by atoms with Crippen molar-refractivity contribution in [3.8, 4) is 0 Å². The van der Waals surface area contributed by atoms with Crippen LogP contribution in [0, 0.1) is 11.8 Å². The first kappa shape index (κ1) is 20.6. The molecule has 148 valence electrons. The van der Waals surface area contributed by atoms with Crippen LogP contribution >= 0.6 is 23.2 Å². The van der Waals surface area contributed by atoms with Crippen molar-refractivity contribution in [3.05, 3.63) is 33.8 Å². The highest BCUT2D eigenvalue weighted by Gasteiger charge is 2.33. The SMILES string of the molecule is N[C@H]1CCCC[C@@H]1C(=O)N1CCC(CC(=O)Cc2cc(Cl)cc(Cl)c2)CC1. The van der Waals surface area contributed by atoms with E-state index in [4.69, 9.17) is 28.9 Å². The lowest BCUT2D eigenvalue weighted by atomic mass is 9.83.